The number of hydrogen-bond donors (Lipinski definition) is 0. The normalized spacial score (nSPS) is 11.6. The molecule has 0 saturated carbocycles. The molecule has 0 heterocycles. The first-order valence-corrected chi connectivity index (χ1v) is 9.85. The van der Waals surface area contributed by atoms with Crippen LogP contribution in [0.15, 0.2) is 24.3 Å². The van der Waals surface area contributed by atoms with Gasteiger partial charge in [0.1, 0.15) is 12.4 Å². The Kier molecular flexibility index (Phi) is 10.2. The van der Waals surface area contributed by atoms with Crippen LogP contribution in [0.25, 0.3) is 0 Å². The molecule has 0 radical (unpaired) electrons. The third-order valence-electron chi connectivity index (χ3n) is 3.59. The Morgan fingerprint density at radius 1 is 0.913 bits per heavy atom. The van der Waals surface area contributed by atoms with E-state index in [0.29, 0.717) is 5.75 Å². The molecule has 1 aromatic rings. The van der Waals surface area contributed by atoms with Crippen molar-refractivity contribution in [2.24, 2.45) is 0 Å². The lowest BCUT2D eigenvalue weighted by Crippen LogP contribution is -2.19. The van der Waals surface area contributed by atoms with Gasteiger partial charge in [-0.3, -0.25) is 0 Å². The van der Waals surface area contributed by atoms with E-state index in [1.54, 1.807) is 0 Å². The van der Waals surface area contributed by atoms with Crippen molar-refractivity contribution in [3.05, 3.63) is 29.8 Å². The van der Waals surface area contributed by atoms with Gasteiger partial charge in [0.05, 0.1) is 14.4 Å². The largest absolute Gasteiger partial charge is 0.790 e. The maximum absolute atomic E-state index is 10.3. The molecule has 23 heavy (non-hydrogen) atoms. The van der Waals surface area contributed by atoms with Gasteiger partial charge in [0.2, 0.25) is 0 Å². The highest BCUT2D eigenvalue weighted by atomic mass is 31.2. The Morgan fingerprint density at radius 3 is 2.13 bits per heavy atom. The van der Waals surface area contributed by atoms with Gasteiger partial charge in [0.25, 0.3) is 0 Å². The summed E-state index contributed by atoms with van der Waals surface area (Å²) in [4.78, 5) is 20.6. The van der Waals surface area contributed by atoms with Gasteiger partial charge >= 0.3 is 0 Å². The second-order valence-electron chi connectivity index (χ2n) is 5.64. The van der Waals surface area contributed by atoms with Crippen LogP contribution >= 0.6 is 7.82 Å². The van der Waals surface area contributed by atoms with Crippen molar-refractivity contribution in [3.63, 3.8) is 0 Å². The first kappa shape index (κ1) is 20.2. The average Bonchev–Trinajstić information content (AvgIpc) is 2.51. The Bertz CT molecular complexity index is 455. The van der Waals surface area contributed by atoms with Crippen molar-refractivity contribution < 1.29 is 23.6 Å². The summed E-state index contributed by atoms with van der Waals surface area (Å²) in [5.41, 5.74) is 1.27. The van der Waals surface area contributed by atoms with Crippen LogP contribution in [0.3, 0.4) is 0 Å². The van der Waals surface area contributed by atoms with Crippen LogP contribution in [-0.2, 0) is 15.5 Å². The molecule has 0 saturated heterocycles. The second-order valence-corrected chi connectivity index (χ2v) is 6.80. The molecular formula is C17H27O5P-2. The van der Waals surface area contributed by atoms with Gasteiger partial charge in [0, 0.05) is 0 Å². The minimum absolute atomic E-state index is 0.0333. The molecule has 0 unspecified atom stereocenters. The van der Waals surface area contributed by atoms with Crippen LogP contribution in [0.1, 0.15) is 57.4 Å². The molecule has 0 fully saturated rings. The van der Waals surface area contributed by atoms with Gasteiger partial charge in [-0.25, -0.2) is 0 Å². The van der Waals surface area contributed by atoms with Crippen LogP contribution in [0, 0.1) is 0 Å². The summed E-state index contributed by atoms with van der Waals surface area (Å²) in [6.45, 7) is 2.00. The van der Waals surface area contributed by atoms with Crippen LogP contribution in [-0.4, -0.2) is 13.2 Å². The summed E-state index contributed by atoms with van der Waals surface area (Å²) < 4.78 is 19.7. The van der Waals surface area contributed by atoms with E-state index >= 15 is 0 Å². The van der Waals surface area contributed by atoms with E-state index in [1.807, 2.05) is 24.3 Å². The fraction of sp³-hybridized carbons (Fsp3) is 0.647. The van der Waals surface area contributed by atoms with Crippen molar-refractivity contribution in [3.8, 4) is 5.75 Å². The van der Waals surface area contributed by atoms with Gasteiger partial charge in [-0.1, -0.05) is 57.6 Å². The standard InChI is InChI=1S/C17H29O5P/c1-2-3-4-5-6-7-8-9-16-10-12-17(13-11-16)21-14-15-22-23(18,19)20/h10-13H,2-9,14-15H2,1H3,(H2,18,19,20)/p-2. The summed E-state index contributed by atoms with van der Waals surface area (Å²) in [5.74, 6) is 0.642. The lowest BCUT2D eigenvalue weighted by Gasteiger charge is -2.28. The third-order valence-corrected chi connectivity index (χ3v) is 4.09. The summed E-state index contributed by atoms with van der Waals surface area (Å²) >= 11 is 0. The number of phosphoric ester groups is 1. The topological polar surface area (TPSA) is 81.7 Å². The minimum atomic E-state index is -4.90. The van der Waals surface area contributed by atoms with E-state index in [4.69, 9.17) is 4.74 Å². The van der Waals surface area contributed by atoms with Gasteiger partial charge in [0.15, 0.2) is 0 Å². The molecule has 0 bridgehead atoms. The predicted octanol–water partition coefficient (Wildman–Crippen LogP) is 3.20. The van der Waals surface area contributed by atoms with Crippen molar-refractivity contribution in [2.75, 3.05) is 13.2 Å². The first-order chi connectivity index (χ1) is 11.0. The molecule has 0 aliphatic carbocycles. The number of ether oxygens (including phenoxy) is 1. The van der Waals surface area contributed by atoms with E-state index in [1.165, 1.54) is 50.5 Å². The highest BCUT2D eigenvalue weighted by Crippen LogP contribution is 2.23. The smallest absolute Gasteiger partial charge is 0.119 e. The molecule has 0 aliphatic heterocycles. The first-order valence-electron chi connectivity index (χ1n) is 8.39. The summed E-state index contributed by atoms with van der Waals surface area (Å²) in [6.07, 6.45) is 10.1. The molecule has 0 N–H and O–H groups in total. The van der Waals surface area contributed by atoms with E-state index in [-0.39, 0.29) is 13.2 Å². The molecule has 0 amide bonds. The van der Waals surface area contributed by atoms with E-state index < -0.39 is 7.82 Å². The maximum Gasteiger partial charge on any atom is 0.119 e. The molecule has 1 rings (SSSR count). The fourth-order valence-corrected chi connectivity index (χ4v) is 2.65. The van der Waals surface area contributed by atoms with E-state index in [2.05, 4.69) is 11.4 Å². The van der Waals surface area contributed by atoms with E-state index in [0.717, 1.165) is 6.42 Å². The molecule has 1 aromatic carbocycles. The lowest BCUT2D eigenvalue weighted by atomic mass is 10.0. The number of hydrogen-bond acceptors (Lipinski definition) is 5. The second kappa shape index (κ2) is 11.6. The molecule has 5 nitrogen and oxygen atoms in total. The van der Waals surface area contributed by atoms with Crippen molar-refractivity contribution >= 4 is 7.82 Å². The van der Waals surface area contributed by atoms with E-state index in [9.17, 15) is 14.4 Å². The van der Waals surface area contributed by atoms with Crippen molar-refractivity contribution in [1.29, 1.82) is 0 Å². The zero-order chi connectivity index (χ0) is 17.0. The van der Waals surface area contributed by atoms with Crippen LogP contribution in [0.4, 0.5) is 0 Å². The Labute approximate surface area is 139 Å². The zero-order valence-corrected chi connectivity index (χ0v) is 14.8. The molecule has 132 valence electrons. The Balaban J connectivity index is 2.12. The number of aryl methyl sites for hydroxylation is 1. The number of rotatable bonds is 13. The summed E-state index contributed by atoms with van der Waals surface area (Å²) in [6, 6.07) is 7.73. The fourth-order valence-electron chi connectivity index (χ4n) is 2.35. The molecule has 0 spiro atoms. The highest BCUT2D eigenvalue weighted by Gasteiger charge is 1.98. The maximum atomic E-state index is 10.3. The lowest BCUT2D eigenvalue weighted by molar-refractivity contribution is -0.341. The molecule has 0 atom stereocenters. The molecular weight excluding hydrogens is 315 g/mol. The van der Waals surface area contributed by atoms with Gasteiger partial charge in [-0.2, -0.15) is 0 Å². The van der Waals surface area contributed by atoms with Crippen LogP contribution in [0.2, 0.25) is 0 Å². The zero-order valence-electron chi connectivity index (χ0n) is 13.9. The predicted molar refractivity (Wildman–Crippen MR) is 87.2 cm³/mol. The number of phosphoric acid groups is 1. The third kappa shape index (κ3) is 11.3. The molecule has 6 heteroatoms. The monoisotopic (exact) mass is 342 g/mol. The summed E-state index contributed by atoms with van der Waals surface area (Å²) in [5, 5.41) is 0. The average molecular weight is 342 g/mol. The number of benzene rings is 1. The molecule has 0 aromatic heterocycles. The van der Waals surface area contributed by atoms with Crippen molar-refractivity contribution in [1.82, 2.24) is 0 Å². The Hall–Kier alpha value is -0.870. The van der Waals surface area contributed by atoms with Crippen LogP contribution < -0.4 is 14.5 Å². The van der Waals surface area contributed by atoms with Crippen molar-refractivity contribution in [2.45, 2.75) is 58.3 Å². The minimum Gasteiger partial charge on any atom is -0.790 e. The summed E-state index contributed by atoms with van der Waals surface area (Å²) in [7, 11) is -4.90. The SMILES string of the molecule is CCCCCCCCCc1ccc(OCCOP(=O)([O-])[O-])cc1. The highest BCUT2D eigenvalue weighted by molar-refractivity contribution is 7.43. The van der Waals surface area contributed by atoms with Gasteiger partial charge in [-0.05, 0) is 30.5 Å². The van der Waals surface area contributed by atoms with Gasteiger partial charge in [-0.15, -0.1) is 0 Å². The quantitative estimate of drug-likeness (QED) is 0.406. The molecule has 0 aliphatic rings. The Morgan fingerprint density at radius 2 is 1.52 bits per heavy atom. The number of unbranched alkanes of at least 4 members (excludes halogenated alkanes) is 6. The van der Waals surface area contributed by atoms with Gasteiger partial charge < -0.3 is 23.6 Å². The van der Waals surface area contributed by atoms with Crippen LogP contribution in [0.5, 0.6) is 5.75 Å².